The SMILES string of the molecule is Cc1ccc(N2CC(C(=O)N(CCC#N)CCC#N)CC2=O)c(C)c1. The zero-order chi connectivity index (χ0) is 18.4. The van der Waals surface area contributed by atoms with Crippen LogP contribution in [0, 0.1) is 42.4 Å². The van der Waals surface area contributed by atoms with Crippen LogP contribution in [0.15, 0.2) is 18.2 Å². The van der Waals surface area contributed by atoms with Crippen LogP contribution in [0.25, 0.3) is 0 Å². The molecule has 1 aromatic rings. The number of carbonyl (C=O) groups excluding carboxylic acids is 2. The van der Waals surface area contributed by atoms with Crippen molar-refractivity contribution in [3.8, 4) is 12.1 Å². The molecule has 1 fully saturated rings. The van der Waals surface area contributed by atoms with Crippen molar-refractivity contribution >= 4 is 17.5 Å². The highest BCUT2D eigenvalue weighted by Crippen LogP contribution is 2.29. The lowest BCUT2D eigenvalue weighted by atomic mass is 10.1. The molecule has 1 aliphatic rings. The lowest BCUT2D eigenvalue weighted by Gasteiger charge is -2.24. The van der Waals surface area contributed by atoms with Gasteiger partial charge in [-0.3, -0.25) is 9.59 Å². The van der Waals surface area contributed by atoms with Gasteiger partial charge in [-0.2, -0.15) is 10.5 Å². The van der Waals surface area contributed by atoms with Crippen LogP contribution in [0.4, 0.5) is 5.69 Å². The van der Waals surface area contributed by atoms with E-state index in [1.807, 2.05) is 44.2 Å². The molecule has 6 heteroatoms. The van der Waals surface area contributed by atoms with Gasteiger partial charge < -0.3 is 9.80 Å². The molecule has 1 saturated heterocycles. The van der Waals surface area contributed by atoms with Gasteiger partial charge in [-0.15, -0.1) is 0 Å². The van der Waals surface area contributed by atoms with Crippen molar-refractivity contribution in [3.05, 3.63) is 29.3 Å². The van der Waals surface area contributed by atoms with Crippen molar-refractivity contribution in [2.75, 3.05) is 24.5 Å². The second-order valence-electron chi connectivity index (χ2n) is 6.34. The maximum absolute atomic E-state index is 12.7. The quantitative estimate of drug-likeness (QED) is 0.796. The number of amides is 2. The summed E-state index contributed by atoms with van der Waals surface area (Å²) >= 11 is 0. The number of anilines is 1. The number of nitriles is 2. The number of aryl methyl sites for hydroxylation is 2. The first-order valence-electron chi connectivity index (χ1n) is 8.38. The van der Waals surface area contributed by atoms with E-state index in [2.05, 4.69) is 0 Å². The molecular formula is C19H22N4O2. The minimum Gasteiger partial charge on any atom is -0.340 e. The van der Waals surface area contributed by atoms with Gasteiger partial charge in [0.05, 0.1) is 30.9 Å². The van der Waals surface area contributed by atoms with Crippen LogP contribution >= 0.6 is 0 Å². The van der Waals surface area contributed by atoms with Crippen LogP contribution in [0.1, 0.15) is 30.4 Å². The van der Waals surface area contributed by atoms with Crippen molar-refractivity contribution in [1.82, 2.24) is 4.90 Å². The van der Waals surface area contributed by atoms with Crippen molar-refractivity contribution in [1.29, 1.82) is 10.5 Å². The molecule has 1 aliphatic heterocycles. The molecule has 0 saturated carbocycles. The molecule has 25 heavy (non-hydrogen) atoms. The van der Waals surface area contributed by atoms with Gasteiger partial charge in [-0.1, -0.05) is 17.7 Å². The average Bonchev–Trinajstić information content (AvgIpc) is 2.96. The fourth-order valence-electron chi connectivity index (χ4n) is 3.17. The summed E-state index contributed by atoms with van der Waals surface area (Å²) in [7, 11) is 0. The molecule has 0 spiro atoms. The van der Waals surface area contributed by atoms with Gasteiger partial charge in [0.2, 0.25) is 11.8 Å². The first kappa shape index (κ1) is 18.5. The maximum atomic E-state index is 12.7. The largest absolute Gasteiger partial charge is 0.340 e. The number of carbonyl (C=O) groups is 2. The Labute approximate surface area is 148 Å². The van der Waals surface area contributed by atoms with Gasteiger partial charge >= 0.3 is 0 Å². The summed E-state index contributed by atoms with van der Waals surface area (Å²) in [5, 5.41) is 17.5. The monoisotopic (exact) mass is 338 g/mol. The van der Waals surface area contributed by atoms with E-state index in [4.69, 9.17) is 10.5 Å². The van der Waals surface area contributed by atoms with Crippen LogP contribution in [0.2, 0.25) is 0 Å². The molecule has 130 valence electrons. The second kappa shape index (κ2) is 8.30. The lowest BCUT2D eigenvalue weighted by Crippen LogP contribution is -2.38. The van der Waals surface area contributed by atoms with Crippen LogP contribution < -0.4 is 4.90 Å². The Morgan fingerprint density at radius 3 is 2.44 bits per heavy atom. The minimum atomic E-state index is -0.425. The predicted octanol–water partition coefficient (Wildman–Crippen LogP) is 2.31. The van der Waals surface area contributed by atoms with Crippen molar-refractivity contribution < 1.29 is 9.59 Å². The van der Waals surface area contributed by atoms with Crippen LogP contribution in [-0.4, -0.2) is 36.3 Å². The molecule has 1 aromatic carbocycles. The Balaban J connectivity index is 2.13. The first-order chi connectivity index (χ1) is 12.0. The lowest BCUT2D eigenvalue weighted by molar-refractivity contribution is -0.135. The van der Waals surface area contributed by atoms with E-state index in [0.29, 0.717) is 19.6 Å². The van der Waals surface area contributed by atoms with Gasteiger partial charge in [0, 0.05) is 31.7 Å². The zero-order valence-corrected chi connectivity index (χ0v) is 14.7. The van der Waals surface area contributed by atoms with E-state index in [0.717, 1.165) is 16.8 Å². The topological polar surface area (TPSA) is 88.2 Å². The molecule has 0 N–H and O–H groups in total. The Bertz CT molecular complexity index is 727. The number of rotatable bonds is 6. The number of benzene rings is 1. The van der Waals surface area contributed by atoms with Crippen LogP contribution in [-0.2, 0) is 9.59 Å². The van der Waals surface area contributed by atoms with E-state index in [-0.39, 0.29) is 31.1 Å². The molecule has 6 nitrogen and oxygen atoms in total. The molecule has 0 aromatic heterocycles. The Kier molecular flexibility index (Phi) is 6.14. The third kappa shape index (κ3) is 4.36. The number of hydrogen-bond acceptors (Lipinski definition) is 4. The molecule has 1 unspecified atom stereocenters. The summed E-state index contributed by atoms with van der Waals surface area (Å²) in [5.41, 5.74) is 2.97. The van der Waals surface area contributed by atoms with E-state index in [1.165, 1.54) is 4.90 Å². The van der Waals surface area contributed by atoms with Gasteiger partial charge in [0.25, 0.3) is 0 Å². The summed E-state index contributed by atoms with van der Waals surface area (Å²) in [5.74, 6) is -0.637. The highest BCUT2D eigenvalue weighted by Gasteiger charge is 2.37. The highest BCUT2D eigenvalue weighted by molar-refractivity contribution is 6.00. The molecular weight excluding hydrogens is 316 g/mol. The molecule has 2 rings (SSSR count). The smallest absolute Gasteiger partial charge is 0.228 e. The Hall–Kier alpha value is -2.86. The van der Waals surface area contributed by atoms with E-state index >= 15 is 0 Å². The standard InChI is InChI=1S/C19H22N4O2/c1-14-5-6-17(15(2)11-14)23-13-16(12-18(23)24)19(25)22(9-3-7-20)10-4-8-21/h5-6,11,16H,3-4,9-10,12-13H2,1-2H3. The molecule has 0 bridgehead atoms. The molecule has 0 aliphatic carbocycles. The van der Waals surface area contributed by atoms with Crippen LogP contribution in [0.3, 0.4) is 0 Å². The molecule has 2 amide bonds. The zero-order valence-electron chi connectivity index (χ0n) is 14.7. The van der Waals surface area contributed by atoms with E-state index in [9.17, 15) is 9.59 Å². The van der Waals surface area contributed by atoms with Gasteiger partial charge in [0.15, 0.2) is 0 Å². The van der Waals surface area contributed by atoms with Crippen molar-refractivity contribution in [2.45, 2.75) is 33.1 Å². The predicted molar refractivity (Wildman–Crippen MR) is 93.4 cm³/mol. The highest BCUT2D eigenvalue weighted by atomic mass is 16.2. The second-order valence-corrected chi connectivity index (χ2v) is 6.34. The summed E-state index contributed by atoms with van der Waals surface area (Å²) in [6.07, 6.45) is 0.610. The summed E-state index contributed by atoms with van der Waals surface area (Å²) in [6, 6.07) is 9.93. The van der Waals surface area contributed by atoms with Gasteiger partial charge in [-0.05, 0) is 25.5 Å². The fraction of sp³-hybridized carbons (Fsp3) is 0.474. The summed E-state index contributed by atoms with van der Waals surface area (Å²) in [6.45, 7) is 4.89. The summed E-state index contributed by atoms with van der Waals surface area (Å²) in [4.78, 5) is 28.4. The normalized spacial score (nSPS) is 16.4. The number of nitrogens with zero attached hydrogens (tertiary/aromatic N) is 4. The van der Waals surface area contributed by atoms with E-state index < -0.39 is 5.92 Å². The Morgan fingerprint density at radius 1 is 1.24 bits per heavy atom. The molecule has 1 heterocycles. The van der Waals surface area contributed by atoms with E-state index in [1.54, 1.807) is 4.90 Å². The molecule has 1 atom stereocenters. The van der Waals surface area contributed by atoms with Gasteiger partial charge in [-0.25, -0.2) is 0 Å². The van der Waals surface area contributed by atoms with Crippen molar-refractivity contribution in [3.63, 3.8) is 0 Å². The minimum absolute atomic E-state index is 0.0641. The Morgan fingerprint density at radius 2 is 1.88 bits per heavy atom. The number of hydrogen-bond donors (Lipinski definition) is 0. The third-order valence-corrected chi connectivity index (χ3v) is 4.42. The molecule has 0 radical (unpaired) electrons. The summed E-state index contributed by atoms with van der Waals surface area (Å²) < 4.78 is 0. The van der Waals surface area contributed by atoms with Crippen molar-refractivity contribution in [2.24, 2.45) is 5.92 Å². The fourth-order valence-corrected chi connectivity index (χ4v) is 3.17. The third-order valence-electron chi connectivity index (χ3n) is 4.42. The van der Waals surface area contributed by atoms with Gasteiger partial charge in [0.1, 0.15) is 0 Å². The average molecular weight is 338 g/mol. The maximum Gasteiger partial charge on any atom is 0.228 e. The van der Waals surface area contributed by atoms with Crippen LogP contribution in [0.5, 0.6) is 0 Å². The first-order valence-corrected chi connectivity index (χ1v) is 8.38.